The maximum Gasteiger partial charge on any atom is 0.134 e. The van der Waals surface area contributed by atoms with Crippen LogP contribution in [0.1, 0.15) is 22.3 Å². The average Bonchev–Trinajstić information content (AvgIpc) is 2.67. The van der Waals surface area contributed by atoms with Gasteiger partial charge in [0.2, 0.25) is 0 Å². The van der Waals surface area contributed by atoms with Crippen molar-refractivity contribution in [3.05, 3.63) is 98.5 Å². The number of ether oxygens (including phenoxy) is 1. The SMILES string of the molecule is Cc1ccc(/C(C#N)=C/c2ccc(OCc3ccccc3Cl)c(Br)c2)cc1. The van der Waals surface area contributed by atoms with E-state index in [4.69, 9.17) is 16.3 Å². The molecule has 2 nitrogen and oxygen atoms in total. The lowest BCUT2D eigenvalue weighted by molar-refractivity contribution is 0.304. The van der Waals surface area contributed by atoms with E-state index in [-0.39, 0.29) is 0 Å². The molecule has 0 saturated carbocycles. The van der Waals surface area contributed by atoms with Gasteiger partial charge in [0.25, 0.3) is 0 Å². The van der Waals surface area contributed by atoms with Crippen LogP contribution in [0.3, 0.4) is 0 Å². The van der Waals surface area contributed by atoms with Gasteiger partial charge in [0.15, 0.2) is 0 Å². The molecule has 0 aromatic heterocycles. The van der Waals surface area contributed by atoms with Gasteiger partial charge in [0.05, 0.1) is 16.1 Å². The molecule has 0 saturated heterocycles. The monoisotopic (exact) mass is 437 g/mol. The minimum absolute atomic E-state index is 0.389. The zero-order valence-electron chi connectivity index (χ0n) is 14.7. The molecule has 0 atom stereocenters. The fraction of sp³-hybridized carbons (Fsp3) is 0.0870. The predicted molar refractivity (Wildman–Crippen MR) is 115 cm³/mol. The van der Waals surface area contributed by atoms with E-state index < -0.39 is 0 Å². The van der Waals surface area contributed by atoms with Crippen molar-refractivity contribution in [2.75, 3.05) is 0 Å². The average molecular weight is 439 g/mol. The standard InChI is InChI=1S/C23H17BrClNO/c1-16-6-9-18(10-7-16)20(14-26)12-17-8-11-23(21(24)13-17)27-15-19-4-2-3-5-22(19)25/h2-13H,15H2,1H3/b20-12+. The normalized spacial score (nSPS) is 11.1. The quantitative estimate of drug-likeness (QED) is 0.316. The van der Waals surface area contributed by atoms with Crippen LogP contribution in [0, 0.1) is 18.3 Å². The molecule has 0 spiro atoms. The van der Waals surface area contributed by atoms with E-state index in [1.54, 1.807) is 0 Å². The Morgan fingerprint density at radius 1 is 1.11 bits per heavy atom. The van der Waals surface area contributed by atoms with Crippen LogP contribution in [-0.2, 0) is 6.61 Å². The molecule has 0 heterocycles. The summed E-state index contributed by atoms with van der Waals surface area (Å²) in [6.07, 6.45) is 1.87. The lowest BCUT2D eigenvalue weighted by Crippen LogP contribution is -1.97. The fourth-order valence-electron chi connectivity index (χ4n) is 2.57. The van der Waals surface area contributed by atoms with Crippen LogP contribution in [0.5, 0.6) is 5.75 Å². The molecule has 27 heavy (non-hydrogen) atoms. The largest absolute Gasteiger partial charge is 0.488 e. The van der Waals surface area contributed by atoms with Gasteiger partial charge in [0, 0.05) is 10.6 Å². The molecule has 3 aromatic rings. The maximum atomic E-state index is 9.50. The molecule has 0 aliphatic heterocycles. The lowest BCUT2D eigenvalue weighted by atomic mass is 10.0. The van der Waals surface area contributed by atoms with Crippen molar-refractivity contribution in [2.45, 2.75) is 13.5 Å². The molecule has 4 heteroatoms. The van der Waals surface area contributed by atoms with E-state index >= 15 is 0 Å². The number of allylic oxidation sites excluding steroid dienone is 1. The summed E-state index contributed by atoms with van der Waals surface area (Å²) < 4.78 is 6.69. The summed E-state index contributed by atoms with van der Waals surface area (Å²) in [4.78, 5) is 0. The summed E-state index contributed by atoms with van der Waals surface area (Å²) in [6.45, 7) is 2.41. The summed E-state index contributed by atoms with van der Waals surface area (Å²) in [7, 11) is 0. The molecule has 0 aliphatic rings. The minimum atomic E-state index is 0.389. The van der Waals surface area contributed by atoms with Crippen LogP contribution in [0.2, 0.25) is 5.02 Å². The number of hydrogen-bond acceptors (Lipinski definition) is 2. The van der Waals surface area contributed by atoms with Crippen LogP contribution in [0.4, 0.5) is 0 Å². The van der Waals surface area contributed by atoms with Crippen molar-refractivity contribution >= 4 is 39.2 Å². The Balaban J connectivity index is 1.78. The Morgan fingerprint density at radius 2 is 1.85 bits per heavy atom. The number of nitriles is 1. The van der Waals surface area contributed by atoms with Gasteiger partial charge in [-0.1, -0.05) is 65.7 Å². The second kappa shape index (κ2) is 8.90. The van der Waals surface area contributed by atoms with Crippen molar-refractivity contribution in [1.29, 1.82) is 5.26 Å². The van der Waals surface area contributed by atoms with Gasteiger partial charge in [-0.05, 0) is 58.3 Å². The van der Waals surface area contributed by atoms with E-state index in [0.29, 0.717) is 17.2 Å². The molecule has 3 aromatic carbocycles. The topological polar surface area (TPSA) is 33.0 Å². The zero-order valence-corrected chi connectivity index (χ0v) is 17.1. The highest BCUT2D eigenvalue weighted by molar-refractivity contribution is 9.10. The first-order chi connectivity index (χ1) is 13.1. The van der Waals surface area contributed by atoms with E-state index in [0.717, 1.165) is 26.9 Å². The second-order valence-corrected chi connectivity index (χ2v) is 7.37. The molecular formula is C23H17BrClNO. The van der Waals surface area contributed by atoms with E-state index in [9.17, 15) is 5.26 Å². The van der Waals surface area contributed by atoms with Gasteiger partial charge in [-0.15, -0.1) is 0 Å². The van der Waals surface area contributed by atoms with Gasteiger partial charge in [0.1, 0.15) is 12.4 Å². The first kappa shape index (κ1) is 19.2. The van der Waals surface area contributed by atoms with Crippen LogP contribution >= 0.6 is 27.5 Å². The second-order valence-electron chi connectivity index (χ2n) is 6.11. The van der Waals surface area contributed by atoms with E-state index in [1.165, 1.54) is 5.56 Å². The summed E-state index contributed by atoms with van der Waals surface area (Å²) in [6, 6.07) is 23.6. The highest BCUT2D eigenvalue weighted by Gasteiger charge is 2.06. The molecule has 0 radical (unpaired) electrons. The number of hydrogen-bond donors (Lipinski definition) is 0. The first-order valence-corrected chi connectivity index (χ1v) is 9.58. The molecule has 0 unspecified atom stereocenters. The predicted octanol–water partition coefficient (Wildman–Crippen LogP) is 7.05. The van der Waals surface area contributed by atoms with Crippen LogP contribution in [0.15, 0.2) is 71.2 Å². The van der Waals surface area contributed by atoms with Gasteiger partial charge < -0.3 is 4.74 Å². The molecule has 3 rings (SSSR count). The highest BCUT2D eigenvalue weighted by Crippen LogP contribution is 2.29. The molecular weight excluding hydrogens is 422 g/mol. The Bertz CT molecular complexity index is 1020. The summed E-state index contributed by atoms with van der Waals surface area (Å²) in [5.74, 6) is 0.723. The Kier molecular flexibility index (Phi) is 6.34. The Hall–Kier alpha value is -2.54. The van der Waals surface area contributed by atoms with Crippen LogP contribution in [-0.4, -0.2) is 0 Å². The number of rotatable bonds is 5. The number of halogens is 2. The third kappa shape index (κ3) is 5.01. The summed E-state index contributed by atoms with van der Waals surface area (Å²) >= 11 is 9.71. The van der Waals surface area contributed by atoms with Gasteiger partial charge in [-0.2, -0.15) is 5.26 Å². The van der Waals surface area contributed by atoms with Crippen molar-refractivity contribution in [3.63, 3.8) is 0 Å². The van der Waals surface area contributed by atoms with Gasteiger partial charge in [-0.3, -0.25) is 0 Å². The number of nitrogens with zero attached hydrogens (tertiary/aromatic N) is 1. The smallest absolute Gasteiger partial charge is 0.134 e. The summed E-state index contributed by atoms with van der Waals surface area (Å²) in [5, 5.41) is 10.2. The van der Waals surface area contributed by atoms with Crippen LogP contribution in [0.25, 0.3) is 11.6 Å². The molecule has 0 N–H and O–H groups in total. The molecule has 0 aliphatic carbocycles. The lowest BCUT2D eigenvalue weighted by Gasteiger charge is -2.10. The molecule has 134 valence electrons. The number of benzene rings is 3. The fourth-order valence-corrected chi connectivity index (χ4v) is 3.28. The number of aryl methyl sites for hydroxylation is 1. The first-order valence-electron chi connectivity index (χ1n) is 8.41. The Labute approximate surface area is 172 Å². The Morgan fingerprint density at radius 3 is 2.52 bits per heavy atom. The molecule has 0 bridgehead atoms. The molecule has 0 fully saturated rings. The van der Waals surface area contributed by atoms with E-state index in [2.05, 4.69) is 22.0 Å². The van der Waals surface area contributed by atoms with Crippen LogP contribution < -0.4 is 4.74 Å². The minimum Gasteiger partial charge on any atom is -0.488 e. The maximum absolute atomic E-state index is 9.50. The van der Waals surface area contributed by atoms with Crippen molar-refractivity contribution in [1.82, 2.24) is 0 Å². The highest BCUT2D eigenvalue weighted by atomic mass is 79.9. The van der Waals surface area contributed by atoms with E-state index in [1.807, 2.05) is 79.7 Å². The van der Waals surface area contributed by atoms with Gasteiger partial charge >= 0.3 is 0 Å². The van der Waals surface area contributed by atoms with Crippen molar-refractivity contribution in [2.24, 2.45) is 0 Å². The third-order valence-electron chi connectivity index (χ3n) is 4.09. The summed E-state index contributed by atoms with van der Waals surface area (Å²) in [5.41, 5.74) is 4.54. The molecule has 0 amide bonds. The third-order valence-corrected chi connectivity index (χ3v) is 5.08. The van der Waals surface area contributed by atoms with Crippen molar-refractivity contribution in [3.8, 4) is 11.8 Å². The van der Waals surface area contributed by atoms with Crippen molar-refractivity contribution < 1.29 is 4.74 Å². The zero-order chi connectivity index (χ0) is 19.2. The van der Waals surface area contributed by atoms with Gasteiger partial charge in [-0.25, -0.2) is 0 Å².